The number of anilines is 2. The molecule has 7 heteroatoms. The molecule has 25 heavy (non-hydrogen) atoms. The Balaban J connectivity index is 2.20. The first kappa shape index (κ1) is 19.7. The van der Waals surface area contributed by atoms with Crippen molar-refractivity contribution in [2.45, 2.75) is 38.0 Å². The third-order valence-corrected chi connectivity index (χ3v) is 5.86. The Morgan fingerprint density at radius 3 is 2.64 bits per heavy atom. The molecule has 0 aliphatic heterocycles. The zero-order chi connectivity index (χ0) is 18.4. The van der Waals surface area contributed by atoms with E-state index in [-0.39, 0.29) is 10.8 Å². The smallest absolute Gasteiger partial charge is 0.262 e. The summed E-state index contributed by atoms with van der Waals surface area (Å²) in [6.07, 6.45) is 2.16. The van der Waals surface area contributed by atoms with Crippen molar-refractivity contribution < 1.29 is 13.2 Å². The average Bonchev–Trinajstić information content (AvgIpc) is 2.56. The molecule has 0 atom stereocenters. The van der Waals surface area contributed by atoms with Crippen LogP contribution in [0.5, 0.6) is 0 Å². The second-order valence-corrected chi connectivity index (χ2v) is 8.61. The minimum atomic E-state index is -3.73. The van der Waals surface area contributed by atoms with Gasteiger partial charge in [-0.1, -0.05) is 25.5 Å². The Morgan fingerprint density at radius 2 is 1.92 bits per heavy atom. The van der Waals surface area contributed by atoms with Crippen LogP contribution in [0.1, 0.15) is 31.7 Å². The predicted molar refractivity (Wildman–Crippen MR) is 109 cm³/mol. The van der Waals surface area contributed by atoms with Gasteiger partial charge in [0.05, 0.1) is 10.6 Å². The van der Waals surface area contributed by atoms with Crippen molar-refractivity contribution in [3.8, 4) is 0 Å². The molecular formula is C18H21IN2O3S. The second kappa shape index (κ2) is 8.66. The monoisotopic (exact) mass is 472 g/mol. The summed E-state index contributed by atoms with van der Waals surface area (Å²) in [6.45, 7) is 3.92. The maximum Gasteiger partial charge on any atom is 0.262 e. The van der Waals surface area contributed by atoms with Gasteiger partial charge in [0, 0.05) is 15.7 Å². The van der Waals surface area contributed by atoms with Crippen LogP contribution in [0.3, 0.4) is 0 Å². The van der Waals surface area contributed by atoms with E-state index in [1.54, 1.807) is 18.2 Å². The number of amides is 1. The highest BCUT2D eigenvalue weighted by Gasteiger charge is 2.16. The van der Waals surface area contributed by atoms with Gasteiger partial charge in [-0.2, -0.15) is 0 Å². The minimum absolute atomic E-state index is 0.109. The number of rotatable bonds is 7. The summed E-state index contributed by atoms with van der Waals surface area (Å²) in [5.74, 6) is -0.113. The van der Waals surface area contributed by atoms with E-state index in [0.29, 0.717) is 17.8 Å². The largest absolute Gasteiger partial charge is 0.326 e. The van der Waals surface area contributed by atoms with Crippen molar-refractivity contribution in [3.05, 3.63) is 51.6 Å². The van der Waals surface area contributed by atoms with E-state index in [1.807, 2.05) is 26.0 Å². The van der Waals surface area contributed by atoms with Gasteiger partial charge in [0.1, 0.15) is 0 Å². The van der Waals surface area contributed by atoms with Crippen molar-refractivity contribution >= 4 is 49.9 Å². The van der Waals surface area contributed by atoms with Crippen LogP contribution in [0.4, 0.5) is 11.4 Å². The lowest BCUT2D eigenvalue weighted by Gasteiger charge is -2.12. The first-order valence-electron chi connectivity index (χ1n) is 8.00. The molecule has 0 aliphatic rings. The van der Waals surface area contributed by atoms with E-state index in [4.69, 9.17) is 0 Å². The summed E-state index contributed by atoms with van der Waals surface area (Å²) in [5, 5.41) is 2.74. The van der Waals surface area contributed by atoms with Crippen molar-refractivity contribution in [3.63, 3.8) is 0 Å². The average molecular weight is 472 g/mol. The van der Waals surface area contributed by atoms with Crippen LogP contribution in [0.2, 0.25) is 0 Å². The summed E-state index contributed by atoms with van der Waals surface area (Å²) in [6, 6.07) is 11.8. The van der Waals surface area contributed by atoms with Crippen LogP contribution < -0.4 is 10.0 Å². The zero-order valence-electron chi connectivity index (χ0n) is 14.2. The quantitative estimate of drug-likeness (QED) is 0.582. The number of unbranched alkanes of at least 4 members (excludes halogenated alkanes) is 1. The van der Waals surface area contributed by atoms with Gasteiger partial charge >= 0.3 is 0 Å². The number of carbonyl (C=O) groups is 1. The fourth-order valence-electron chi connectivity index (χ4n) is 2.22. The van der Waals surface area contributed by atoms with Gasteiger partial charge in [-0.05, 0) is 71.8 Å². The Labute approximate surface area is 162 Å². The maximum absolute atomic E-state index is 12.6. The molecule has 134 valence electrons. The van der Waals surface area contributed by atoms with Gasteiger partial charge in [-0.3, -0.25) is 9.52 Å². The number of halogens is 1. The molecule has 1 amide bonds. The van der Waals surface area contributed by atoms with Gasteiger partial charge in [-0.15, -0.1) is 0 Å². The molecule has 2 aromatic rings. The lowest BCUT2D eigenvalue weighted by Crippen LogP contribution is -2.15. The van der Waals surface area contributed by atoms with Crippen LogP contribution >= 0.6 is 22.6 Å². The highest BCUT2D eigenvalue weighted by Crippen LogP contribution is 2.24. The molecule has 0 aliphatic carbocycles. The van der Waals surface area contributed by atoms with Gasteiger partial charge in [-0.25, -0.2) is 8.42 Å². The molecule has 0 saturated heterocycles. The highest BCUT2D eigenvalue weighted by molar-refractivity contribution is 14.1. The fraction of sp³-hybridized carbons (Fsp3) is 0.278. The number of hydrogen-bond acceptors (Lipinski definition) is 3. The summed E-state index contributed by atoms with van der Waals surface area (Å²) in [5.41, 5.74) is 1.98. The SMILES string of the molecule is CCCCC(=O)Nc1cccc(S(=O)(=O)Nc2cc(C)ccc2I)c1. The number of benzene rings is 2. The topological polar surface area (TPSA) is 75.3 Å². The molecule has 0 saturated carbocycles. The molecule has 0 heterocycles. The number of nitrogens with one attached hydrogen (secondary N) is 2. The second-order valence-electron chi connectivity index (χ2n) is 5.77. The number of carbonyl (C=O) groups excluding carboxylic acids is 1. The van der Waals surface area contributed by atoms with Gasteiger partial charge in [0.15, 0.2) is 0 Å². The number of sulfonamides is 1. The van der Waals surface area contributed by atoms with Crippen molar-refractivity contribution in [2.75, 3.05) is 10.0 Å². The van der Waals surface area contributed by atoms with Crippen molar-refractivity contribution in [2.24, 2.45) is 0 Å². The molecule has 2 N–H and O–H groups in total. The highest BCUT2D eigenvalue weighted by atomic mass is 127. The van der Waals surface area contributed by atoms with Crippen LogP contribution in [-0.4, -0.2) is 14.3 Å². The lowest BCUT2D eigenvalue weighted by molar-refractivity contribution is -0.116. The fourth-order valence-corrected chi connectivity index (χ4v) is 3.99. The van der Waals surface area contributed by atoms with Crippen LogP contribution in [0, 0.1) is 10.5 Å². The number of aryl methyl sites for hydroxylation is 1. The van der Waals surface area contributed by atoms with Crippen molar-refractivity contribution in [1.29, 1.82) is 0 Å². The molecule has 0 fully saturated rings. The molecule has 0 radical (unpaired) electrons. The van der Waals surface area contributed by atoms with Crippen LogP contribution in [0.25, 0.3) is 0 Å². The maximum atomic E-state index is 12.6. The first-order chi connectivity index (χ1) is 11.8. The molecule has 5 nitrogen and oxygen atoms in total. The molecule has 2 aromatic carbocycles. The minimum Gasteiger partial charge on any atom is -0.326 e. The Hall–Kier alpha value is -1.61. The third-order valence-electron chi connectivity index (χ3n) is 3.55. The Kier molecular flexibility index (Phi) is 6.83. The van der Waals surface area contributed by atoms with E-state index in [1.165, 1.54) is 12.1 Å². The molecule has 0 spiro atoms. The van der Waals surface area contributed by atoms with E-state index in [2.05, 4.69) is 32.6 Å². The molecule has 0 unspecified atom stereocenters. The van der Waals surface area contributed by atoms with Crippen LogP contribution in [0.15, 0.2) is 47.4 Å². The van der Waals surface area contributed by atoms with E-state index in [9.17, 15) is 13.2 Å². The summed E-state index contributed by atoms with van der Waals surface area (Å²) >= 11 is 2.09. The van der Waals surface area contributed by atoms with Gasteiger partial charge in [0.25, 0.3) is 10.0 Å². The summed E-state index contributed by atoms with van der Waals surface area (Å²) in [7, 11) is -3.73. The first-order valence-corrected chi connectivity index (χ1v) is 10.6. The number of hydrogen-bond donors (Lipinski definition) is 2. The summed E-state index contributed by atoms with van der Waals surface area (Å²) in [4.78, 5) is 11.9. The molecule has 2 rings (SSSR count). The Bertz CT molecular complexity index is 866. The Morgan fingerprint density at radius 1 is 1.16 bits per heavy atom. The lowest BCUT2D eigenvalue weighted by atomic mass is 10.2. The standard InChI is InChI=1S/C18H21IN2O3S/c1-3-4-8-18(22)20-14-6-5-7-15(12-14)25(23,24)21-17-11-13(2)9-10-16(17)19/h5-7,9-12,21H,3-4,8H2,1-2H3,(H,20,22). The van der Waals surface area contributed by atoms with Crippen molar-refractivity contribution in [1.82, 2.24) is 0 Å². The third kappa shape index (κ3) is 5.71. The molecular weight excluding hydrogens is 451 g/mol. The van der Waals surface area contributed by atoms with Crippen LogP contribution in [-0.2, 0) is 14.8 Å². The zero-order valence-corrected chi connectivity index (χ0v) is 17.1. The molecule has 0 bridgehead atoms. The molecule has 0 aromatic heterocycles. The van der Waals surface area contributed by atoms with E-state index in [0.717, 1.165) is 22.0 Å². The van der Waals surface area contributed by atoms with E-state index < -0.39 is 10.0 Å². The van der Waals surface area contributed by atoms with E-state index >= 15 is 0 Å². The normalized spacial score (nSPS) is 11.2. The summed E-state index contributed by atoms with van der Waals surface area (Å²) < 4.78 is 28.7. The van der Waals surface area contributed by atoms with Gasteiger partial charge in [0.2, 0.25) is 5.91 Å². The van der Waals surface area contributed by atoms with Gasteiger partial charge < -0.3 is 5.32 Å². The predicted octanol–water partition coefficient (Wildman–Crippen LogP) is 4.53.